The number of carbonyl (C=O) groups is 2. The van der Waals surface area contributed by atoms with Gasteiger partial charge in [0.05, 0.1) is 0 Å². The second-order valence-corrected chi connectivity index (χ2v) is 3.15. The van der Waals surface area contributed by atoms with Crippen LogP contribution in [0.5, 0.6) is 0 Å². The van der Waals surface area contributed by atoms with E-state index in [-0.39, 0.29) is 0 Å². The lowest BCUT2D eigenvalue weighted by Gasteiger charge is -1.94. The molecule has 0 atom stereocenters. The molecular weight excluding hydrogens is 176 g/mol. The van der Waals surface area contributed by atoms with E-state index in [0.717, 1.165) is 23.0 Å². The summed E-state index contributed by atoms with van der Waals surface area (Å²) in [6, 6.07) is 7.38. The Labute approximate surface area is 82.6 Å². The van der Waals surface area contributed by atoms with Crippen LogP contribution in [-0.2, 0) is 9.59 Å². The molecule has 0 aliphatic rings. The van der Waals surface area contributed by atoms with Gasteiger partial charge in [-0.15, -0.1) is 0 Å². The first-order chi connectivity index (χ1) is 6.70. The molecule has 0 aliphatic heterocycles. The highest BCUT2D eigenvalue weighted by Crippen LogP contribution is 1.85. The first-order valence-electron chi connectivity index (χ1n) is 4.38. The average Bonchev–Trinajstić information content (AvgIpc) is 2.27. The summed E-state index contributed by atoms with van der Waals surface area (Å²) in [5, 5.41) is 1.65. The van der Waals surface area contributed by atoms with Crippen LogP contribution in [0.4, 0.5) is 0 Å². The lowest BCUT2D eigenvalue weighted by Crippen LogP contribution is -2.28. The maximum atomic E-state index is 10.6. The maximum absolute atomic E-state index is 10.6. The van der Waals surface area contributed by atoms with Crippen molar-refractivity contribution in [1.29, 1.82) is 0 Å². The number of aldehydes is 2. The molecule has 1 rings (SSSR count). The summed E-state index contributed by atoms with van der Waals surface area (Å²) in [4.78, 5) is 21.3. The molecule has 0 aliphatic carbocycles. The molecule has 0 heterocycles. The van der Waals surface area contributed by atoms with Gasteiger partial charge in [-0.1, -0.05) is 24.3 Å². The van der Waals surface area contributed by atoms with Crippen molar-refractivity contribution in [2.24, 2.45) is 0 Å². The molecule has 14 heavy (non-hydrogen) atoms. The summed E-state index contributed by atoms with van der Waals surface area (Å²) >= 11 is 0. The second kappa shape index (κ2) is 4.51. The van der Waals surface area contributed by atoms with Crippen molar-refractivity contribution in [3.05, 3.63) is 34.7 Å². The Hall–Kier alpha value is -1.70. The molecule has 0 aromatic heterocycles. The molecule has 0 radical (unpaired) electrons. The molecule has 1 aromatic rings. The van der Waals surface area contributed by atoms with Gasteiger partial charge in [0.15, 0.2) is 0 Å². The Morgan fingerprint density at radius 1 is 0.929 bits per heavy atom. The van der Waals surface area contributed by atoms with E-state index in [4.69, 9.17) is 0 Å². The molecule has 0 saturated heterocycles. The van der Waals surface area contributed by atoms with Crippen LogP contribution >= 0.6 is 0 Å². The van der Waals surface area contributed by atoms with Gasteiger partial charge in [-0.2, -0.15) is 0 Å². The Kier molecular flexibility index (Phi) is 3.35. The Morgan fingerprint density at radius 3 is 1.57 bits per heavy atom. The van der Waals surface area contributed by atoms with Crippen LogP contribution in [0.2, 0.25) is 0 Å². The van der Waals surface area contributed by atoms with Gasteiger partial charge < -0.3 is 0 Å². The molecule has 0 bridgehead atoms. The van der Waals surface area contributed by atoms with E-state index in [1.165, 1.54) is 0 Å². The van der Waals surface area contributed by atoms with Crippen LogP contribution in [0.15, 0.2) is 24.3 Å². The standard InChI is InChI=1S/C12H12O2/c1-9(7-13)11-5-3-4-6-12(11)10(2)8-14/h3-8H,1-2H3/b11-9-,12-10+. The van der Waals surface area contributed by atoms with E-state index >= 15 is 0 Å². The topological polar surface area (TPSA) is 34.1 Å². The molecule has 0 N–H and O–H groups in total. The van der Waals surface area contributed by atoms with Crippen LogP contribution < -0.4 is 10.4 Å². The van der Waals surface area contributed by atoms with Gasteiger partial charge in [-0.25, -0.2) is 0 Å². The number of hydrogen-bond donors (Lipinski definition) is 0. The third kappa shape index (κ3) is 1.96. The van der Waals surface area contributed by atoms with Crippen LogP contribution in [0, 0.1) is 0 Å². The normalized spacial score (nSPS) is 14.4. The number of carbonyl (C=O) groups excluding carboxylic acids is 2. The summed E-state index contributed by atoms with van der Waals surface area (Å²) in [5.74, 6) is 0. The molecule has 2 heteroatoms. The minimum Gasteiger partial charge on any atom is -0.298 e. The largest absolute Gasteiger partial charge is 0.298 e. The van der Waals surface area contributed by atoms with E-state index in [1.807, 2.05) is 24.3 Å². The molecule has 72 valence electrons. The van der Waals surface area contributed by atoms with Crippen LogP contribution in [0.1, 0.15) is 13.8 Å². The Balaban J connectivity index is 3.80. The highest BCUT2D eigenvalue weighted by atomic mass is 16.1. The predicted octanol–water partition coefficient (Wildman–Crippen LogP) is 0.426. The first kappa shape index (κ1) is 10.4. The van der Waals surface area contributed by atoms with E-state index in [0.29, 0.717) is 11.1 Å². The van der Waals surface area contributed by atoms with Crippen molar-refractivity contribution in [1.82, 2.24) is 0 Å². The van der Waals surface area contributed by atoms with Gasteiger partial charge >= 0.3 is 0 Å². The smallest absolute Gasteiger partial charge is 0.146 e. The van der Waals surface area contributed by atoms with Gasteiger partial charge in [-0.3, -0.25) is 9.59 Å². The van der Waals surface area contributed by atoms with Crippen molar-refractivity contribution in [2.45, 2.75) is 13.8 Å². The quantitative estimate of drug-likeness (QED) is 0.630. The number of hydrogen-bond acceptors (Lipinski definition) is 2. The minimum absolute atomic E-state index is 0.641. The van der Waals surface area contributed by atoms with E-state index in [2.05, 4.69) is 0 Å². The summed E-state index contributed by atoms with van der Waals surface area (Å²) in [6.45, 7) is 3.48. The Bertz CT molecular complexity index is 424. The number of benzene rings is 1. The third-order valence-corrected chi connectivity index (χ3v) is 2.13. The molecule has 2 nitrogen and oxygen atoms in total. The second-order valence-electron chi connectivity index (χ2n) is 3.15. The van der Waals surface area contributed by atoms with E-state index in [9.17, 15) is 9.59 Å². The van der Waals surface area contributed by atoms with E-state index < -0.39 is 0 Å². The average molecular weight is 188 g/mol. The van der Waals surface area contributed by atoms with Crippen LogP contribution in [0.3, 0.4) is 0 Å². The molecular formula is C12H12O2. The Morgan fingerprint density at radius 2 is 1.29 bits per heavy atom. The fourth-order valence-electron chi connectivity index (χ4n) is 1.30. The molecule has 0 amide bonds. The minimum atomic E-state index is 0.641. The first-order valence-corrected chi connectivity index (χ1v) is 4.38. The fraction of sp³-hybridized carbons (Fsp3) is 0.167. The molecule has 0 fully saturated rings. The van der Waals surface area contributed by atoms with Crippen molar-refractivity contribution in [3.8, 4) is 0 Å². The third-order valence-electron chi connectivity index (χ3n) is 2.13. The molecule has 1 aromatic carbocycles. The van der Waals surface area contributed by atoms with Crippen LogP contribution in [0.25, 0.3) is 11.1 Å². The zero-order valence-corrected chi connectivity index (χ0v) is 8.28. The van der Waals surface area contributed by atoms with Crippen molar-refractivity contribution in [2.75, 3.05) is 0 Å². The predicted molar refractivity (Wildman–Crippen MR) is 56.0 cm³/mol. The summed E-state index contributed by atoms with van der Waals surface area (Å²) in [5.41, 5.74) is 1.28. The number of rotatable bonds is 2. The van der Waals surface area contributed by atoms with Gasteiger partial charge in [-0.05, 0) is 35.4 Å². The highest BCUT2D eigenvalue weighted by Gasteiger charge is 1.93. The zero-order valence-electron chi connectivity index (χ0n) is 8.28. The van der Waals surface area contributed by atoms with Gasteiger partial charge in [0, 0.05) is 0 Å². The van der Waals surface area contributed by atoms with Crippen molar-refractivity contribution >= 4 is 23.7 Å². The lowest BCUT2D eigenvalue weighted by molar-refractivity contribution is -0.104. The van der Waals surface area contributed by atoms with Crippen LogP contribution in [-0.4, -0.2) is 12.6 Å². The van der Waals surface area contributed by atoms with E-state index in [1.54, 1.807) is 13.8 Å². The molecule has 0 unspecified atom stereocenters. The zero-order chi connectivity index (χ0) is 10.6. The summed E-state index contributed by atoms with van der Waals surface area (Å²) in [7, 11) is 0. The van der Waals surface area contributed by atoms with Crippen molar-refractivity contribution in [3.63, 3.8) is 0 Å². The molecule has 0 saturated carbocycles. The maximum Gasteiger partial charge on any atom is 0.146 e. The van der Waals surface area contributed by atoms with Gasteiger partial charge in [0.2, 0.25) is 0 Å². The van der Waals surface area contributed by atoms with Crippen molar-refractivity contribution < 1.29 is 9.59 Å². The summed E-state index contributed by atoms with van der Waals surface area (Å²) < 4.78 is 0. The van der Waals surface area contributed by atoms with Gasteiger partial charge in [0.1, 0.15) is 12.6 Å². The lowest BCUT2D eigenvalue weighted by atomic mass is 10.1. The molecule has 0 spiro atoms. The fourth-order valence-corrected chi connectivity index (χ4v) is 1.30. The SMILES string of the molecule is C/C(C=O)=c1\cccc\c1=C(\C)C=O. The highest BCUT2D eigenvalue weighted by molar-refractivity contribution is 6.00. The summed E-state index contributed by atoms with van der Waals surface area (Å²) in [6.07, 6.45) is 1.60. The monoisotopic (exact) mass is 188 g/mol. The van der Waals surface area contributed by atoms with Gasteiger partial charge in [0.25, 0.3) is 0 Å².